The maximum Gasteiger partial charge on any atom is 0.317 e. The van der Waals surface area contributed by atoms with Crippen LogP contribution in [0.3, 0.4) is 0 Å². The van der Waals surface area contributed by atoms with Gasteiger partial charge in [0.25, 0.3) is 0 Å². The number of ether oxygens (including phenoxy) is 1. The number of carbonyl (C=O) groups excluding carboxylic acids is 1. The number of carbonyl (C=O) groups is 2. The van der Waals surface area contributed by atoms with Crippen molar-refractivity contribution in [3.63, 3.8) is 0 Å². The predicted molar refractivity (Wildman–Crippen MR) is 69.0 cm³/mol. The number of carboxylic acid groups (broad SMARTS) is 1. The van der Waals surface area contributed by atoms with E-state index in [1.165, 1.54) is 0 Å². The van der Waals surface area contributed by atoms with Crippen LogP contribution in [0.2, 0.25) is 0 Å². The summed E-state index contributed by atoms with van der Waals surface area (Å²) < 4.78 is 6.99. The van der Waals surface area contributed by atoms with Gasteiger partial charge in [-0.05, 0) is 0 Å². The summed E-state index contributed by atoms with van der Waals surface area (Å²) in [5.74, 6) is -0.924. The summed E-state index contributed by atoms with van der Waals surface area (Å²) in [7, 11) is 1.81. The molecule has 1 aromatic heterocycles. The Morgan fingerprint density at radius 3 is 3.05 bits per heavy atom. The summed E-state index contributed by atoms with van der Waals surface area (Å²) in [6, 6.07) is -0.215. The minimum absolute atomic E-state index is 0.0909. The van der Waals surface area contributed by atoms with Crippen LogP contribution < -0.4 is 5.32 Å². The van der Waals surface area contributed by atoms with E-state index in [1.54, 1.807) is 15.8 Å². The van der Waals surface area contributed by atoms with E-state index in [2.05, 4.69) is 10.4 Å². The van der Waals surface area contributed by atoms with Gasteiger partial charge in [0.1, 0.15) is 0 Å². The highest BCUT2D eigenvalue weighted by atomic mass is 16.5. The van der Waals surface area contributed by atoms with Crippen molar-refractivity contribution < 1.29 is 19.4 Å². The molecule has 1 unspecified atom stereocenters. The molecule has 0 radical (unpaired) electrons. The summed E-state index contributed by atoms with van der Waals surface area (Å²) in [5.41, 5.74) is 0.913. The van der Waals surface area contributed by atoms with Crippen LogP contribution in [0.4, 0.5) is 4.79 Å². The lowest BCUT2D eigenvalue weighted by Crippen LogP contribution is -2.49. The average Bonchev–Trinajstić information content (AvgIpc) is 2.81. The molecular weight excluding hydrogens is 264 g/mol. The number of aliphatic carboxylic acids is 1. The maximum atomic E-state index is 12.0. The van der Waals surface area contributed by atoms with Crippen molar-refractivity contribution in [1.82, 2.24) is 20.0 Å². The third kappa shape index (κ3) is 3.95. The van der Waals surface area contributed by atoms with Gasteiger partial charge in [0.15, 0.2) is 0 Å². The van der Waals surface area contributed by atoms with Crippen LogP contribution in [-0.2, 0) is 23.1 Å². The van der Waals surface area contributed by atoms with E-state index in [9.17, 15) is 9.59 Å². The van der Waals surface area contributed by atoms with Crippen LogP contribution in [0, 0.1) is 0 Å². The van der Waals surface area contributed by atoms with Crippen LogP contribution in [0.25, 0.3) is 0 Å². The number of nitrogens with zero attached hydrogens (tertiary/aromatic N) is 3. The fourth-order valence-corrected chi connectivity index (χ4v) is 2.07. The molecule has 0 spiro atoms. The van der Waals surface area contributed by atoms with Gasteiger partial charge < -0.3 is 20.1 Å². The molecule has 1 atom stereocenters. The largest absolute Gasteiger partial charge is 0.481 e. The van der Waals surface area contributed by atoms with Gasteiger partial charge in [-0.15, -0.1) is 0 Å². The van der Waals surface area contributed by atoms with Crippen LogP contribution in [0.1, 0.15) is 12.0 Å². The highest BCUT2D eigenvalue weighted by molar-refractivity contribution is 5.74. The van der Waals surface area contributed by atoms with E-state index in [0.29, 0.717) is 26.2 Å². The fourth-order valence-electron chi connectivity index (χ4n) is 2.07. The molecule has 20 heavy (non-hydrogen) atoms. The van der Waals surface area contributed by atoms with Gasteiger partial charge >= 0.3 is 12.0 Å². The Kier molecular flexibility index (Phi) is 4.57. The van der Waals surface area contributed by atoms with Crippen LogP contribution >= 0.6 is 0 Å². The van der Waals surface area contributed by atoms with Gasteiger partial charge in [-0.1, -0.05) is 0 Å². The number of nitrogens with one attached hydrogen (secondary N) is 1. The molecule has 110 valence electrons. The number of hydrogen-bond acceptors (Lipinski definition) is 4. The molecule has 2 rings (SSSR count). The number of morpholine rings is 1. The van der Waals surface area contributed by atoms with E-state index < -0.39 is 12.1 Å². The number of amides is 2. The molecule has 0 bridgehead atoms. The molecule has 1 aromatic rings. The standard InChI is InChI=1S/C12H18N4O4/c1-15-7-9(6-14-15)5-13-12(19)16-2-3-20-10(8-16)4-11(17)18/h6-7,10H,2-5,8H2,1H3,(H,13,19)(H,17,18). The predicted octanol–water partition coefficient (Wildman–Crippen LogP) is -0.195. The number of aryl methyl sites for hydroxylation is 1. The van der Waals surface area contributed by atoms with Crippen molar-refractivity contribution in [2.24, 2.45) is 7.05 Å². The Bertz CT molecular complexity index is 488. The van der Waals surface area contributed by atoms with E-state index in [4.69, 9.17) is 9.84 Å². The summed E-state index contributed by atoms with van der Waals surface area (Å²) in [4.78, 5) is 24.2. The van der Waals surface area contributed by atoms with Gasteiger partial charge in [0, 0.05) is 38.4 Å². The zero-order valence-corrected chi connectivity index (χ0v) is 11.3. The summed E-state index contributed by atoms with van der Waals surface area (Å²) in [6.07, 6.45) is 2.98. The van der Waals surface area contributed by atoms with Gasteiger partial charge in [0.2, 0.25) is 0 Å². The third-order valence-electron chi connectivity index (χ3n) is 3.03. The average molecular weight is 282 g/mol. The smallest absolute Gasteiger partial charge is 0.317 e. The normalized spacial score (nSPS) is 18.9. The molecule has 2 amide bonds. The number of urea groups is 1. The first-order chi connectivity index (χ1) is 9.54. The molecule has 1 aliphatic heterocycles. The maximum absolute atomic E-state index is 12.0. The summed E-state index contributed by atoms with van der Waals surface area (Å²) in [6.45, 7) is 1.52. The molecule has 0 saturated carbocycles. The van der Waals surface area contributed by atoms with Crippen molar-refractivity contribution in [2.45, 2.75) is 19.1 Å². The Balaban J connectivity index is 1.81. The van der Waals surface area contributed by atoms with Crippen LogP contribution in [0.15, 0.2) is 12.4 Å². The summed E-state index contributed by atoms with van der Waals surface area (Å²) >= 11 is 0. The van der Waals surface area contributed by atoms with Crippen LogP contribution in [-0.4, -0.2) is 57.6 Å². The van der Waals surface area contributed by atoms with Crippen molar-refractivity contribution in [2.75, 3.05) is 19.7 Å². The minimum atomic E-state index is -0.924. The highest BCUT2D eigenvalue weighted by Gasteiger charge is 2.25. The van der Waals surface area contributed by atoms with Crippen molar-refractivity contribution in [1.29, 1.82) is 0 Å². The Morgan fingerprint density at radius 2 is 2.40 bits per heavy atom. The molecule has 2 heterocycles. The fraction of sp³-hybridized carbons (Fsp3) is 0.583. The first-order valence-corrected chi connectivity index (χ1v) is 6.38. The number of hydrogen-bond donors (Lipinski definition) is 2. The molecule has 2 N–H and O–H groups in total. The van der Waals surface area contributed by atoms with Crippen molar-refractivity contribution >= 4 is 12.0 Å². The first-order valence-electron chi connectivity index (χ1n) is 6.38. The lowest BCUT2D eigenvalue weighted by molar-refractivity contribution is -0.141. The lowest BCUT2D eigenvalue weighted by Gasteiger charge is -2.32. The Labute approximate surface area is 116 Å². The van der Waals surface area contributed by atoms with E-state index >= 15 is 0 Å². The van der Waals surface area contributed by atoms with Crippen molar-refractivity contribution in [3.05, 3.63) is 18.0 Å². The third-order valence-corrected chi connectivity index (χ3v) is 3.03. The van der Waals surface area contributed by atoms with Gasteiger partial charge in [-0.2, -0.15) is 5.10 Å². The molecule has 1 aliphatic rings. The minimum Gasteiger partial charge on any atom is -0.481 e. The molecule has 1 saturated heterocycles. The van der Waals surface area contributed by atoms with Gasteiger partial charge in [-0.3, -0.25) is 9.48 Å². The second kappa shape index (κ2) is 6.38. The van der Waals surface area contributed by atoms with E-state index in [0.717, 1.165) is 5.56 Å². The van der Waals surface area contributed by atoms with Crippen molar-refractivity contribution in [3.8, 4) is 0 Å². The lowest BCUT2D eigenvalue weighted by atomic mass is 10.2. The molecule has 0 aromatic carbocycles. The second-order valence-corrected chi connectivity index (χ2v) is 4.72. The number of carboxylic acids is 1. The van der Waals surface area contributed by atoms with E-state index in [-0.39, 0.29) is 12.5 Å². The Morgan fingerprint density at radius 1 is 1.60 bits per heavy atom. The summed E-state index contributed by atoms with van der Waals surface area (Å²) in [5, 5.41) is 15.5. The molecule has 8 nitrogen and oxygen atoms in total. The van der Waals surface area contributed by atoms with Gasteiger partial charge in [-0.25, -0.2) is 4.79 Å². The molecular formula is C12H18N4O4. The SMILES string of the molecule is Cn1cc(CNC(=O)N2CCOC(CC(=O)O)C2)cn1. The number of aromatic nitrogens is 2. The van der Waals surface area contributed by atoms with Crippen LogP contribution in [0.5, 0.6) is 0 Å². The highest BCUT2D eigenvalue weighted by Crippen LogP contribution is 2.09. The topological polar surface area (TPSA) is 96.7 Å². The zero-order valence-electron chi connectivity index (χ0n) is 11.3. The number of rotatable bonds is 4. The zero-order chi connectivity index (χ0) is 14.5. The molecule has 0 aliphatic carbocycles. The molecule has 1 fully saturated rings. The van der Waals surface area contributed by atoms with E-state index in [1.807, 2.05) is 13.2 Å². The quantitative estimate of drug-likeness (QED) is 0.797. The Hall–Kier alpha value is -2.09. The monoisotopic (exact) mass is 282 g/mol. The van der Waals surface area contributed by atoms with Gasteiger partial charge in [0.05, 0.1) is 25.3 Å². The second-order valence-electron chi connectivity index (χ2n) is 4.72. The molecule has 8 heteroatoms. The first kappa shape index (κ1) is 14.3.